The van der Waals surface area contributed by atoms with Crippen LogP contribution in [-0.4, -0.2) is 13.1 Å². The van der Waals surface area contributed by atoms with E-state index in [9.17, 15) is 0 Å². The van der Waals surface area contributed by atoms with Crippen molar-refractivity contribution in [1.29, 1.82) is 5.26 Å². The Morgan fingerprint density at radius 1 is 1.38 bits per heavy atom. The van der Waals surface area contributed by atoms with Gasteiger partial charge in [-0.3, -0.25) is 0 Å². The summed E-state index contributed by atoms with van der Waals surface area (Å²) in [7, 11) is 0. The quantitative estimate of drug-likeness (QED) is 0.734. The van der Waals surface area contributed by atoms with Crippen molar-refractivity contribution in [2.24, 2.45) is 0 Å². The Kier molecular flexibility index (Phi) is 3.33. The van der Waals surface area contributed by atoms with E-state index < -0.39 is 0 Å². The molecular formula is C12H14ClN3. The zero-order chi connectivity index (χ0) is 11.5. The maximum absolute atomic E-state index is 8.91. The molecule has 0 atom stereocenters. The van der Waals surface area contributed by atoms with Gasteiger partial charge in [-0.05, 0) is 49.5 Å². The Bertz CT molecular complexity index is 431. The van der Waals surface area contributed by atoms with Gasteiger partial charge in [0.05, 0.1) is 22.3 Å². The van der Waals surface area contributed by atoms with Crippen LogP contribution in [0.3, 0.4) is 0 Å². The number of nitriles is 1. The van der Waals surface area contributed by atoms with E-state index in [2.05, 4.69) is 11.4 Å². The molecule has 84 valence electrons. The molecule has 0 bridgehead atoms. The summed E-state index contributed by atoms with van der Waals surface area (Å²) in [5.41, 5.74) is 7.93. The van der Waals surface area contributed by atoms with Crippen LogP contribution in [0.2, 0.25) is 5.02 Å². The van der Waals surface area contributed by atoms with E-state index in [0.29, 0.717) is 22.2 Å². The number of rotatable bonds is 1. The fraction of sp³-hybridized carbons (Fsp3) is 0.417. The van der Waals surface area contributed by atoms with E-state index in [4.69, 9.17) is 22.6 Å². The molecule has 16 heavy (non-hydrogen) atoms. The van der Waals surface area contributed by atoms with Gasteiger partial charge < -0.3 is 11.1 Å². The Labute approximate surface area is 100 Å². The summed E-state index contributed by atoms with van der Waals surface area (Å²) < 4.78 is 0. The third-order valence-electron chi connectivity index (χ3n) is 3.04. The van der Waals surface area contributed by atoms with Crippen LogP contribution in [0.1, 0.15) is 29.9 Å². The van der Waals surface area contributed by atoms with Crippen LogP contribution in [0.5, 0.6) is 0 Å². The molecule has 0 spiro atoms. The van der Waals surface area contributed by atoms with Crippen LogP contribution in [0.4, 0.5) is 5.69 Å². The van der Waals surface area contributed by atoms with Crippen molar-refractivity contribution in [2.75, 3.05) is 18.8 Å². The molecule has 0 radical (unpaired) electrons. The van der Waals surface area contributed by atoms with E-state index in [-0.39, 0.29) is 0 Å². The van der Waals surface area contributed by atoms with Crippen LogP contribution < -0.4 is 11.1 Å². The van der Waals surface area contributed by atoms with Crippen molar-refractivity contribution in [3.8, 4) is 6.07 Å². The highest BCUT2D eigenvalue weighted by atomic mass is 35.5. The number of nitrogens with one attached hydrogen (secondary N) is 1. The smallest absolute Gasteiger partial charge is 0.0992 e. The molecule has 1 saturated heterocycles. The molecule has 3 N–H and O–H groups in total. The number of anilines is 1. The summed E-state index contributed by atoms with van der Waals surface area (Å²) in [6.45, 7) is 2.00. The first-order valence-electron chi connectivity index (χ1n) is 5.42. The van der Waals surface area contributed by atoms with Crippen LogP contribution in [-0.2, 0) is 0 Å². The van der Waals surface area contributed by atoms with E-state index in [1.165, 1.54) is 0 Å². The fourth-order valence-electron chi connectivity index (χ4n) is 2.16. The Balaban J connectivity index is 2.38. The van der Waals surface area contributed by atoms with Crippen molar-refractivity contribution >= 4 is 17.3 Å². The number of hydrogen-bond acceptors (Lipinski definition) is 3. The lowest BCUT2D eigenvalue weighted by molar-refractivity contribution is 0.460. The van der Waals surface area contributed by atoms with Gasteiger partial charge in [-0.15, -0.1) is 0 Å². The summed E-state index contributed by atoms with van der Waals surface area (Å²) >= 11 is 6.20. The Morgan fingerprint density at radius 3 is 2.69 bits per heavy atom. The van der Waals surface area contributed by atoms with Crippen molar-refractivity contribution in [3.63, 3.8) is 0 Å². The van der Waals surface area contributed by atoms with Gasteiger partial charge in [0.25, 0.3) is 0 Å². The zero-order valence-electron chi connectivity index (χ0n) is 8.96. The second kappa shape index (κ2) is 4.73. The number of nitrogens with zero attached hydrogens (tertiary/aromatic N) is 1. The predicted molar refractivity (Wildman–Crippen MR) is 65.4 cm³/mol. The van der Waals surface area contributed by atoms with Crippen molar-refractivity contribution < 1.29 is 0 Å². The first-order valence-corrected chi connectivity index (χ1v) is 5.80. The maximum atomic E-state index is 8.91. The van der Waals surface area contributed by atoms with Gasteiger partial charge in [-0.2, -0.15) is 5.26 Å². The summed E-state index contributed by atoms with van der Waals surface area (Å²) in [5, 5.41) is 12.8. The highest BCUT2D eigenvalue weighted by Crippen LogP contribution is 2.35. The number of piperidine rings is 1. The highest BCUT2D eigenvalue weighted by molar-refractivity contribution is 6.34. The normalized spacial score (nSPS) is 17.0. The molecule has 0 amide bonds. The molecule has 1 fully saturated rings. The van der Waals surface area contributed by atoms with Crippen LogP contribution in [0.15, 0.2) is 12.1 Å². The molecule has 0 aromatic heterocycles. The average Bonchev–Trinajstić information content (AvgIpc) is 2.33. The molecule has 2 rings (SSSR count). The second-order valence-electron chi connectivity index (χ2n) is 4.10. The highest BCUT2D eigenvalue weighted by Gasteiger charge is 2.19. The lowest BCUT2D eigenvalue weighted by Crippen LogP contribution is -2.26. The van der Waals surface area contributed by atoms with Gasteiger partial charge in [0.1, 0.15) is 0 Å². The minimum absolute atomic E-state index is 0.421. The molecule has 0 aliphatic carbocycles. The molecule has 1 aliphatic heterocycles. The molecule has 1 aliphatic rings. The topological polar surface area (TPSA) is 61.8 Å². The van der Waals surface area contributed by atoms with Crippen molar-refractivity contribution in [2.45, 2.75) is 18.8 Å². The number of nitrogen functional groups attached to an aromatic ring is 1. The van der Waals surface area contributed by atoms with Crippen molar-refractivity contribution in [3.05, 3.63) is 28.3 Å². The van der Waals surface area contributed by atoms with E-state index in [1.54, 1.807) is 6.07 Å². The molecule has 1 heterocycles. The zero-order valence-corrected chi connectivity index (χ0v) is 9.72. The van der Waals surface area contributed by atoms with Crippen LogP contribution >= 0.6 is 11.6 Å². The van der Waals surface area contributed by atoms with Crippen LogP contribution in [0.25, 0.3) is 0 Å². The van der Waals surface area contributed by atoms with Gasteiger partial charge >= 0.3 is 0 Å². The second-order valence-corrected chi connectivity index (χ2v) is 4.48. The number of halogens is 1. The van der Waals surface area contributed by atoms with Gasteiger partial charge in [0, 0.05) is 0 Å². The minimum atomic E-state index is 0.421. The summed E-state index contributed by atoms with van der Waals surface area (Å²) in [6.07, 6.45) is 2.10. The van der Waals surface area contributed by atoms with Gasteiger partial charge in [0.2, 0.25) is 0 Å². The van der Waals surface area contributed by atoms with E-state index in [0.717, 1.165) is 31.5 Å². The third-order valence-corrected chi connectivity index (χ3v) is 3.47. The molecule has 1 aromatic carbocycles. The minimum Gasteiger partial charge on any atom is -0.397 e. The molecule has 1 aromatic rings. The number of benzene rings is 1. The maximum Gasteiger partial charge on any atom is 0.0992 e. The number of hydrogen-bond donors (Lipinski definition) is 2. The van der Waals surface area contributed by atoms with Gasteiger partial charge in [-0.25, -0.2) is 0 Å². The molecule has 3 nitrogen and oxygen atoms in total. The SMILES string of the molecule is N#Cc1cc(N)c(Cl)c(C2CCNCC2)c1. The van der Waals surface area contributed by atoms with E-state index >= 15 is 0 Å². The third kappa shape index (κ3) is 2.13. The van der Waals surface area contributed by atoms with Crippen LogP contribution in [0, 0.1) is 11.3 Å². The fourth-order valence-corrected chi connectivity index (χ4v) is 2.43. The molecule has 4 heteroatoms. The first-order chi connectivity index (χ1) is 7.72. The monoisotopic (exact) mass is 235 g/mol. The predicted octanol–water partition coefficient (Wildman–Crippen LogP) is 2.26. The Hall–Kier alpha value is -1.24. The van der Waals surface area contributed by atoms with E-state index in [1.807, 2.05) is 6.07 Å². The standard InChI is InChI=1S/C12H14ClN3/c13-12-10(9-1-3-16-4-2-9)5-8(7-14)6-11(12)15/h5-6,9,16H,1-4,15H2. The molecule has 0 unspecified atom stereocenters. The van der Waals surface area contributed by atoms with Gasteiger partial charge in [-0.1, -0.05) is 11.6 Å². The largest absolute Gasteiger partial charge is 0.397 e. The lowest BCUT2D eigenvalue weighted by atomic mass is 9.89. The average molecular weight is 236 g/mol. The summed E-state index contributed by atoms with van der Waals surface area (Å²) in [5.74, 6) is 0.421. The van der Waals surface area contributed by atoms with Crippen molar-refractivity contribution in [1.82, 2.24) is 5.32 Å². The first kappa shape index (κ1) is 11.3. The summed E-state index contributed by atoms with van der Waals surface area (Å²) in [6, 6.07) is 5.62. The molecular weight excluding hydrogens is 222 g/mol. The number of nitrogens with two attached hydrogens (primary N) is 1. The Morgan fingerprint density at radius 2 is 2.06 bits per heavy atom. The van der Waals surface area contributed by atoms with Gasteiger partial charge in [0.15, 0.2) is 0 Å². The molecule has 0 saturated carbocycles. The lowest BCUT2D eigenvalue weighted by Gasteiger charge is -2.24. The summed E-state index contributed by atoms with van der Waals surface area (Å²) in [4.78, 5) is 0.